The number of fused-ring (bicyclic) bond motifs is 1. The summed E-state index contributed by atoms with van der Waals surface area (Å²) in [5.41, 5.74) is 1.87. The summed E-state index contributed by atoms with van der Waals surface area (Å²) >= 11 is 0. The molecule has 0 fully saturated rings. The molecule has 0 aliphatic heterocycles. The SMILES string of the molecule is CCOc1ccc2c(OCC)cc(C)nc2c1. The Hall–Kier alpha value is -1.77. The van der Waals surface area contributed by atoms with E-state index in [9.17, 15) is 0 Å². The first kappa shape index (κ1) is 11.7. The van der Waals surface area contributed by atoms with E-state index in [0.717, 1.165) is 28.1 Å². The summed E-state index contributed by atoms with van der Waals surface area (Å²) in [6, 6.07) is 7.86. The van der Waals surface area contributed by atoms with E-state index >= 15 is 0 Å². The maximum atomic E-state index is 5.62. The summed E-state index contributed by atoms with van der Waals surface area (Å²) in [4.78, 5) is 4.50. The molecule has 1 aromatic heterocycles. The highest BCUT2D eigenvalue weighted by Gasteiger charge is 2.06. The fraction of sp³-hybridized carbons (Fsp3) is 0.357. The minimum Gasteiger partial charge on any atom is -0.494 e. The number of hydrogen-bond donors (Lipinski definition) is 0. The molecule has 0 atom stereocenters. The van der Waals surface area contributed by atoms with Crippen LogP contribution in [0.4, 0.5) is 0 Å². The maximum absolute atomic E-state index is 5.62. The summed E-state index contributed by atoms with van der Waals surface area (Å²) < 4.78 is 11.1. The zero-order chi connectivity index (χ0) is 12.3. The minimum absolute atomic E-state index is 0.658. The van der Waals surface area contributed by atoms with Crippen LogP contribution >= 0.6 is 0 Å². The zero-order valence-electron chi connectivity index (χ0n) is 10.5. The summed E-state index contributed by atoms with van der Waals surface area (Å²) in [5, 5.41) is 1.03. The largest absolute Gasteiger partial charge is 0.494 e. The molecule has 0 spiro atoms. The fourth-order valence-electron chi connectivity index (χ4n) is 1.83. The van der Waals surface area contributed by atoms with Gasteiger partial charge in [0.2, 0.25) is 0 Å². The van der Waals surface area contributed by atoms with E-state index < -0.39 is 0 Å². The van der Waals surface area contributed by atoms with Crippen LogP contribution in [0.3, 0.4) is 0 Å². The van der Waals surface area contributed by atoms with Crippen LogP contribution in [-0.4, -0.2) is 18.2 Å². The van der Waals surface area contributed by atoms with Gasteiger partial charge in [-0.1, -0.05) is 0 Å². The van der Waals surface area contributed by atoms with Crippen LogP contribution < -0.4 is 9.47 Å². The predicted molar refractivity (Wildman–Crippen MR) is 68.8 cm³/mol. The zero-order valence-corrected chi connectivity index (χ0v) is 10.5. The molecule has 0 saturated carbocycles. The predicted octanol–water partition coefficient (Wildman–Crippen LogP) is 3.34. The van der Waals surface area contributed by atoms with Gasteiger partial charge in [0, 0.05) is 23.2 Å². The quantitative estimate of drug-likeness (QED) is 0.808. The Labute approximate surface area is 101 Å². The van der Waals surface area contributed by atoms with Crippen LogP contribution in [-0.2, 0) is 0 Å². The third-order valence-electron chi connectivity index (χ3n) is 2.48. The van der Waals surface area contributed by atoms with Crippen LogP contribution in [0.5, 0.6) is 11.5 Å². The average molecular weight is 231 g/mol. The number of nitrogens with zero attached hydrogens (tertiary/aromatic N) is 1. The molecule has 0 N–H and O–H groups in total. The Morgan fingerprint density at radius 3 is 2.53 bits per heavy atom. The van der Waals surface area contributed by atoms with Gasteiger partial charge in [-0.25, -0.2) is 0 Å². The van der Waals surface area contributed by atoms with Gasteiger partial charge in [0.05, 0.1) is 18.7 Å². The highest BCUT2D eigenvalue weighted by molar-refractivity contribution is 5.86. The number of hydrogen-bond acceptors (Lipinski definition) is 3. The van der Waals surface area contributed by atoms with Crippen molar-refractivity contribution in [2.24, 2.45) is 0 Å². The smallest absolute Gasteiger partial charge is 0.130 e. The van der Waals surface area contributed by atoms with Crippen molar-refractivity contribution in [3.8, 4) is 11.5 Å². The third kappa shape index (κ3) is 2.49. The molecule has 0 unspecified atom stereocenters. The second-order valence-electron chi connectivity index (χ2n) is 3.81. The van der Waals surface area contributed by atoms with Gasteiger partial charge in [0.25, 0.3) is 0 Å². The molecule has 0 aliphatic carbocycles. The standard InChI is InChI=1S/C14H17NO2/c1-4-16-11-6-7-12-13(9-11)15-10(3)8-14(12)17-5-2/h6-9H,4-5H2,1-3H3. The minimum atomic E-state index is 0.658. The van der Waals surface area contributed by atoms with Crippen molar-refractivity contribution in [1.82, 2.24) is 4.98 Å². The Balaban J connectivity index is 2.54. The number of ether oxygens (including phenoxy) is 2. The molecule has 90 valence electrons. The highest BCUT2D eigenvalue weighted by atomic mass is 16.5. The molecule has 3 nitrogen and oxygen atoms in total. The molecule has 2 rings (SSSR count). The Morgan fingerprint density at radius 2 is 1.82 bits per heavy atom. The van der Waals surface area contributed by atoms with Gasteiger partial charge in [0.15, 0.2) is 0 Å². The van der Waals surface area contributed by atoms with Crippen molar-refractivity contribution >= 4 is 10.9 Å². The topological polar surface area (TPSA) is 31.4 Å². The molecule has 2 aromatic rings. The first-order valence-electron chi connectivity index (χ1n) is 5.91. The van der Waals surface area contributed by atoms with Crippen molar-refractivity contribution in [1.29, 1.82) is 0 Å². The van der Waals surface area contributed by atoms with Crippen molar-refractivity contribution < 1.29 is 9.47 Å². The molecule has 17 heavy (non-hydrogen) atoms. The van der Waals surface area contributed by atoms with Crippen LogP contribution in [0.1, 0.15) is 19.5 Å². The second-order valence-corrected chi connectivity index (χ2v) is 3.81. The lowest BCUT2D eigenvalue weighted by Crippen LogP contribution is -1.96. The maximum Gasteiger partial charge on any atom is 0.130 e. The number of aromatic nitrogens is 1. The van der Waals surface area contributed by atoms with Crippen LogP contribution in [0.25, 0.3) is 10.9 Å². The van der Waals surface area contributed by atoms with Gasteiger partial charge < -0.3 is 9.47 Å². The van der Waals surface area contributed by atoms with E-state index in [1.807, 2.05) is 45.0 Å². The lowest BCUT2D eigenvalue weighted by Gasteiger charge is -2.10. The van der Waals surface area contributed by atoms with Crippen molar-refractivity contribution in [3.63, 3.8) is 0 Å². The monoisotopic (exact) mass is 231 g/mol. The molecule has 0 bridgehead atoms. The molecule has 0 aliphatic rings. The van der Waals surface area contributed by atoms with Crippen molar-refractivity contribution in [3.05, 3.63) is 30.0 Å². The fourth-order valence-corrected chi connectivity index (χ4v) is 1.83. The number of benzene rings is 1. The average Bonchev–Trinajstić information content (AvgIpc) is 2.29. The lowest BCUT2D eigenvalue weighted by molar-refractivity contribution is 0.339. The molecule has 1 aromatic carbocycles. The van der Waals surface area contributed by atoms with Gasteiger partial charge in [-0.2, -0.15) is 0 Å². The molecule has 3 heteroatoms. The summed E-state index contributed by atoms with van der Waals surface area (Å²) in [6.07, 6.45) is 0. The molecular weight excluding hydrogens is 214 g/mol. The van der Waals surface area contributed by atoms with Crippen LogP contribution in [0, 0.1) is 6.92 Å². The normalized spacial score (nSPS) is 10.5. The van der Waals surface area contributed by atoms with E-state index in [1.54, 1.807) is 0 Å². The molecule has 0 amide bonds. The molecule has 1 heterocycles. The second kappa shape index (κ2) is 5.04. The van der Waals surface area contributed by atoms with Crippen LogP contribution in [0.2, 0.25) is 0 Å². The number of rotatable bonds is 4. The molecular formula is C14H17NO2. The molecule has 0 radical (unpaired) electrons. The van der Waals surface area contributed by atoms with Gasteiger partial charge >= 0.3 is 0 Å². The molecule has 0 saturated heterocycles. The van der Waals surface area contributed by atoms with Gasteiger partial charge in [-0.05, 0) is 32.9 Å². The van der Waals surface area contributed by atoms with Gasteiger partial charge in [0.1, 0.15) is 11.5 Å². The van der Waals surface area contributed by atoms with Gasteiger partial charge in [-0.3, -0.25) is 4.98 Å². The highest BCUT2D eigenvalue weighted by Crippen LogP contribution is 2.28. The lowest BCUT2D eigenvalue weighted by atomic mass is 10.1. The van der Waals surface area contributed by atoms with E-state index in [-0.39, 0.29) is 0 Å². The first-order chi connectivity index (χ1) is 8.24. The Bertz CT molecular complexity index is 523. The Morgan fingerprint density at radius 1 is 1.06 bits per heavy atom. The summed E-state index contributed by atoms with van der Waals surface area (Å²) in [7, 11) is 0. The van der Waals surface area contributed by atoms with Crippen molar-refractivity contribution in [2.45, 2.75) is 20.8 Å². The van der Waals surface area contributed by atoms with Crippen LogP contribution in [0.15, 0.2) is 24.3 Å². The summed E-state index contributed by atoms with van der Waals surface area (Å²) in [6.45, 7) is 7.24. The third-order valence-corrected chi connectivity index (χ3v) is 2.48. The van der Waals surface area contributed by atoms with E-state index in [1.165, 1.54) is 0 Å². The Kier molecular flexibility index (Phi) is 3.47. The van der Waals surface area contributed by atoms with Gasteiger partial charge in [-0.15, -0.1) is 0 Å². The number of aryl methyl sites for hydroxylation is 1. The van der Waals surface area contributed by atoms with Crippen molar-refractivity contribution in [2.75, 3.05) is 13.2 Å². The van der Waals surface area contributed by atoms with E-state index in [2.05, 4.69) is 4.98 Å². The number of pyridine rings is 1. The first-order valence-corrected chi connectivity index (χ1v) is 5.91. The summed E-state index contributed by atoms with van der Waals surface area (Å²) in [5.74, 6) is 1.73. The van der Waals surface area contributed by atoms with E-state index in [0.29, 0.717) is 13.2 Å². The van der Waals surface area contributed by atoms with E-state index in [4.69, 9.17) is 9.47 Å².